The first-order chi connectivity index (χ1) is 14.8. The van der Waals surface area contributed by atoms with Crippen molar-refractivity contribution in [1.82, 2.24) is 9.55 Å². The van der Waals surface area contributed by atoms with Gasteiger partial charge in [0.25, 0.3) is 12.0 Å². The molecule has 0 unspecified atom stereocenters. The lowest BCUT2D eigenvalue weighted by molar-refractivity contribution is 0.152. The number of halogens is 2. The van der Waals surface area contributed by atoms with Gasteiger partial charge in [-0.05, 0) is 31.9 Å². The maximum Gasteiger partial charge on any atom is 0.264 e. The number of aryl methyl sites for hydroxylation is 3. The largest absolute Gasteiger partial charge is 0.491 e. The Morgan fingerprint density at radius 2 is 2.03 bits per heavy atom. The molecule has 31 heavy (non-hydrogen) atoms. The van der Waals surface area contributed by atoms with Crippen LogP contribution in [0.4, 0.5) is 20.2 Å². The highest BCUT2D eigenvalue weighted by molar-refractivity contribution is 6.31. The van der Waals surface area contributed by atoms with Crippen molar-refractivity contribution in [1.29, 1.82) is 0 Å². The van der Waals surface area contributed by atoms with E-state index in [2.05, 4.69) is 21.3 Å². The molecule has 1 aromatic carbocycles. The fraction of sp³-hybridized carbons (Fsp3) is 0.364. The summed E-state index contributed by atoms with van der Waals surface area (Å²) in [5, 5.41) is 9.98. The molecule has 3 aromatic rings. The lowest BCUT2D eigenvalue weighted by Gasteiger charge is -2.33. The van der Waals surface area contributed by atoms with E-state index in [1.54, 1.807) is 24.6 Å². The van der Waals surface area contributed by atoms with Crippen LogP contribution in [0.5, 0.6) is 5.75 Å². The smallest absolute Gasteiger partial charge is 0.264 e. The molecule has 0 atom stereocenters. The van der Waals surface area contributed by atoms with Crippen LogP contribution in [-0.4, -0.2) is 50.7 Å². The minimum Gasteiger partial charge on any atom is -0.491 e. The number of alkyl halides is 2. The maximum absolute atomic E-state index is 13.6. The molecule has 0 bridgehead atoms. The zero-order valence-electron chi connectivity index (χ0n) is 17.4. The summed E-state index contributed by atoms with van der Waals surface area (Å²) in [5.74, 6) is 0.493. The first-order valence-electron chi connectivity index (χ1n) is 10.0. The van der Waals surface area contributed by atoms with Crippen LogP contribution in [0.25, 0.3) is 10.9 Å². The highest BCUT2D eigenvalue weighted by atomic mass is 27.0. The molecule has 3 heterocycles. The van der Waals surface area contributed by atoms with Crippen molar-refractivity contribution < 1.29 is 18.6 Å². The average molecular weight is 441 g/mol. The van der Waals surface area contributed by atoms with Gasteiger partial charge < -0.3 is 19.3 Å². The van der Waals surface area contributed by atoms with Crippen LogP contribution in [0.1, 0.15) is 29.7 Å². The monoisotopic (exact) mass is 441 g/mol. The van der Waals surface area contributed by atoms with Crippen LogP contribution in [0, 0.1) is 6.92 Å². The van der Waals surface area contributed by atoms with E-state index in [0.29, 0.717) is 35.5 Å². The van der Waals surface area contributed by atoms with Crippen molar-refractivity contribution in [3.05, 3.63) is 51.4 Å². The molecule has 2 aromatic heterocycles. The first-order valence-corrected chi connectivity index (χ1v) is 10.6. The number of rotatable bonds is 5. The van der Waals surface area contributed by atoms with Gasteiger partial charge in [-0.25, -0.2) is 8.78 Å². The third-order valence-electron chi connectivity index (χ3n) is 5.59. The molecule has 4 rings (SSSR count). The Hall–Kier alpha value is -2.47. The molecular weight excluding hydrogens is 419 g/mol. The van der Waals surface area contributed by atoms with Crippen LogP contribution in [0.2, 0.25) is 0 Å². The Balaban J connectivity index is 1.98. The molecule has 0 fully saturated rings. The van der Waals surface area contributed by atoms with E-state index in [0.717, 1.165) is 23.2 Å². The van der Waals surface area contributed by atoms with Gasteiger partial charge >= 0.3 is 0 Å². The lowest BCUT2D eigenvalue weighted by Crippen LogP contribution is -2.29. The number of nitrogens with zero attached hydrogens (tertiary/aromatic N) is 3. The Labute approximate surface area is 186 Å². The zero-order valence-corrected chi connectivity index (χ0v) is 18.5. The van der Waals surface area contributed by atoms with Gasteiger partial charge in [-0.3, -0.25) is 9.78 Å². The topological polar surface area (TPSA) is 67.6 Å². The number of benzene rings is 1. The summed E-state index contributed by atoms with van der Waals surface area (Å²) in [5.41, 5.74) is 3.17. The van der Waals surface area contributed by atoms with Gasteiger partial charge in [-0.1, -0.05) is 4.56 Å². The minimum absolute atomic E-state index is 0.106. The van der Waals surface area contributed by atoms with E-state index >= 15 is 0 Å². The molecular formula is C22H22AlF2N3O3. The van der Waals surface area contributed by atoms with E-state index in [9.17, 15) is 13.6 Å². The van der Waals surface area contributed by atoms with Crippen molar-refractivity contribution in [2.24, 2.45) is 7.05 Å². The Morgan fingerprint density at radius 3 is 2.74 bits per heavy atom. The molecule has 9 heteroatoms. The highest BCUT2D eigenvalue weighted by Gasteiger charge is 2.25. The van der Waals surface area contributed by atoms with Crippen LogP contribution in [0.3, 0.4) is 0 Å². The molecule has 160 valence electrons. The zero-order chi connectivity index (χ0) is 22.3. The molecule has 6 nitrogen and oxygen atoms in total. The van der Waals surface area contributed by atoms with E-state index in [1.165, 1.54) is 6.07 Å². The second-order valence-corrected chi connectivity index (χ2v) is 8.17. The summed E-state index contributed by atoms with van der Waals surface area (Å²) < 4.78 is 34.6. The van der Waals surface area contributed by atoms with Gasteiger partial charge in [0.15, 0.2) is 0 Å². The van der Waals surface area contributed by atoms with Gasteiger partial charge in [0.2, 0.25) is 16.3 Å². The van der Waals surface area contributed by atoms with Gasteiger partial charge in [0, 0.05) is 42.2 Å². The molecule has 0 aliphatic carbocycles. The predicted molar refractivity (Wildman–Crippen MR) is 116 cm³/mol. The molecule has 2 radical (unpaired) electrons. The van der Waals surface area contributed by atoms with Gasteiger partial charge in [0.1, 0.15) is 12.4 Å². The minimum atomic E-state index is -2.63. The third kappa shape index (κ3) is 3.94. The number of aliphatic hydroxyl groups is 1. The number of ether oxygens (including phenoxy) is 1. The van der Waals surface area contributed by atoms with Crippen LogP contribution < -0.4 is 19.8 Å². The fourth-order valence-electron chi connectivity index (χ4n) is 4.09. The van der Waals surface area contributed by atoms with Crippen molar-refractivity contribution >= 4 is 43.1 Å². The maximum atomic E-state index is 13.6. The van der Waals surface area contributed by atoms with Gasteiger partial charge in [0.05, 0.1) is 29.2 Å². The Morgan fingerprint density at radius 1 is 1.26 bits per heavy atom. The van der Waals surface area contributed by atoms with Crippen molar-refractivity contribution in [2.45, 2.75) is 26.2 Å². The van der Waals surface area contributed by atoms with E-state index in [-0.39, 0.29) is 28.9 Å². The number of anilines is 2. The van der Waals surface area contributed by atoms with E-state index in [4.69, 9.17) is 9.84 Å². The SMILES string of the molecule is Cc1cc2c(N3CCCc4n[c]([Al])c(C(F)F)cc43)cc(OCCO)cc2n(C)c1=O. The second-order valence-electron chi connectivity index (χ2n) is 7.62. The van der Waals surface area contributed by atoms with Crippen molar-refractivity contribution in [2.75, 3.05) is 24.7 Å². The Bertz CT molecular complexity index is 1210. The number of aromatic nitrogens is 2. The fourth-order valence-corrected chi connectivity index (χ4v) is 4.45. The summed E-state index contributed by atoms with van der Waals surface area (Å²) in [6.07, 6.45) is -1.12. The summed E-state index contributed by atoms with van der Waals surface area (Å²) >= 11 is 2.30. The van der Waals surface area contributed by atoms with E-state index in [1.807, 2.05) is 17.0 Å². The number of fused-ring (bicyclic) bond motifs is 2. The summed E-state index contributed by atoms with van der Waals surface area (Å²) in [4.78, 5) is 18.9. The van der Waals surface area contributed by atoms with E-state index < -0.39 is 6.43 Å². The average Bonchev–Trinajstić information content (AvgIpc) is 2.75. The third-order valence-corrected chi connectivity index (χ3v) is 6.05. The quantitative estimate of drug-likeness (QED) is 0.616. The second kappa shape index (κ2) is 8.58. The van der Waals surface area contributed by atoms with Crippen LogP contribution in [-0.2, 0) is 13.5 Å². The molecule has 0 saturated carbocycles. The van der Waals surface area contributed by atoms with Gasteiger partial charge in [-0.15, -0.1) is 0 Å². The number of hydrogen-bond acceptors (Lipinski definition) is 5. The Kier molecular flexibility index (Phi) is 6.02. The van der Waals surface area contributed by atoms with Crippen LogP contribution >= 0.6 is 0 Å². The molecule has 1 N–H and O–H groups in total. The van der Waals surface area contributed by atoms with Crippen molar-refractivity contribution in [3.63, 3.8) is 0 Å². The molecule has 0 spiro atoms. The molecule has 1 aliphatic rings. The lowest BCUT2D eigenvalue weighted by atomic mass is 10.0. The standard InChI is InChI=1S/C22H22F2N3O3.Al/c1-13-8-16-18(26(2)22(13)29)10-15(30-7-6-28)11-19(16)27-5-3-4-17-20(27)9-14(12-25-17)21(23)24;/h8-11,21,28H,3-7H2,1-2H3;. The van der Waals surface area contributed by atoms with Gasteiger partial charge in [-0.2, -0.15) is 0 Å². The number of pyridine rings is 2. The summed E-state index contributed by atoms with van der Waals surface area (Å²) in [6.45, 7) is 2.33. The number of hydrogen-bond donors (Lipinski definition) is 1. The van der Waals surface area contributed by atoms with Crippen molar-refractivity contribution in [3.8, 4) is 5.75 Å². The molecule has 1 aliphatic heterocycles. The first kappa shape index (κ1) is 21.8. The summed E-state index contributed by atoms with van der Waals surface area (Å²) in [7, 11) is 1.69. The molecule has 0 saturated heterocycles. The van der Waals surface area contributed by atoms with Crippen LogP contribution in [0.15, 0.2) is 29.1 Å². The normalized spacial score (nSPS) is 13.7. The predicted octanol–water partition coefficient (Wildman–Crippen LogP) is 2.43. The number of aliphatic hydroxyl groups excluding tert-OH is 1. The highest BCUT2D eigenvalue weighted by Crippen LogP contribution is 2.40. The molecule has 0 amide bonds. The summed E-state index contributed by atoms with van der Waals surface area (Å²) in [6, 6.07) is 6.92.